The van der Waals surface area contributed by atoms with Gasteiger partial charge in [-0.05, 0) is 32.4 Å². The second-order valence-electron chi connectivity index (χ2n) is 7.32. The summed E-state index contributed by atoms with van der Waals surface area (Å²) in [7, 11) is 3.63. The van der Waals surface area contributed by atoms with Crippen LogP contribution in [0.1, 0.15) is 92.4 Å². The SMILES string of the molecule is CCCCCCCCC(N(CC)CCC)C(OC)(OC)N(CC)CCC. The molecule has 0 spiro atoms. The minimum absolute atomic E-state index is 0.264. The standard InChI is InChI=1S/C22H48N2O2/c1-8-13-14-15-16-17-18-21(23(11-4)19-9-2)22(25-6,26-7)24(12-5)20-10-3/h21H,8-20H2,1-7H3. The highest BCUT2D eigenvalue weighted by Gasteiger charge is 2.46. The van der Waals surface area contributed by atoms with Crippen LogP contribution in [0.4, 0.5) is 0 Å². The zero-order valence-electron chi connectivity index (χ0n) is 19.0. The Morgan fingerprint density at radius 1 is 0.692 bits per heavy atom. The Morgan fingerprint density at radius 2 is 1.27 bits per heavy atom. The molecule has 26 heavy (non-hydrogen) atoms. The molecule has 4 heteroatoms. The van der Waals surface area contributed by atoms with E-state index in [1.54, 1.807) is 0 Å². The summed E-state index contributed by atoms with van der Waals surface area (Å²) in [6.45, 7) is 15.3. The van der Waals surface area contributed by atoms with Crippen molar-refractivity contribution in [3.8, 4) is 0 Å². The number of hydrogen-bond acceptors (Lipinski definition) is 4. The Bertz CT molecular complexity index is 309. The molecule has 0 saturated heterocycles. The topological polar surface area (TPSA) is 24.9 Å². The Hall–Kier alpha value is -0.160. The van der Waals surface area contributed by atoms with Gasteiger partial charge < -0.3 is 9.47 Å². The first kappa shape index (κ1) is 25.8. The summed E-state index contributed by atoms with van der Waals surface area (Å²) in [5.41, 5.74) is 0. The lowest BCUT2D eigenvalue weighted by atomic mass is 9.99. The second kappa shape index (κ2) is 15.9. The average Bonchev–Trinajstić information content (AvgIpc) is 2.67. The van der Waals surface area contributed by atoms with Crippen LogP contribution in [0.5, 0.6) is 0 Å². The van der Waals surface area contributed by atoms with Crippen LogP contribution in [0.2, 0.25) is 0 Å². The molecule has 0 aliphatic carbocycles. The van der Waals surface area contributed by atoms with E-state index in [-0.39, 0.29) is 6.04 Å². The van der Waals surface area contributed by atoms with Crippen molar-refractivity contribution in [1.29, 1.82) is 0 Å². The van der Waals surface area contributed by atoms with Crippen molar-refractivity contribution in [2.45, 2.75) is 104 Å². The molecule has 4 nitrogen and oxygen atoms in total. The number of nitrogens with zero attached hydrogens (tertiary/aromatic N) is 2. The van der Waals surface area contributed by atoms with Crippen molar-refractivity contribution in [3.63, 3.8) is 0 Å². The van der Waals surface area contributed by atoms with E-state index >= 15 is 0 Å². The van der Waals surface area contributed by atoms with Gasteiger partial charge in [-0.15, -0.1) is 0 Å². The van der Waals surface area contributed by atoms with Gasteiger partial charge in [0.1, 0.15) is 0 Å². The summed E-state index contributed by atoms with van der Waals surface area (Å²) in [5.74, 6) is -0.653. The number of unbranched alkanes of at least 4 members (excludes halogenated alkanes) is 5. The molecule has 158 valence electrons. The first-order chi connectivity index (χ1) is 12.6. The van der Waals surface area contributed by atoms with E-state index in [2.05, 4.69) is 44.4 Å². The van der Waals surface area contributed by atoms with Crippen LogP contribution in [-0.4, -0.2) is 62.2 Å². The van der Waals surface area contributed by atoms with Gasteiger partial charge in [0.15, 0.2) is 0 Å². The molecule has 1 atom stereocenters. The van der Waals surface area contributed by atoms with Gasteiger partial charge in [-0.25, -0.2) is 0 Å². The maximum absolute atomic E-state index is 6.14. The third-order valence-corrected chi connectivity index (χ3v) is 5.51. The smallest absolute Gasteiger partial charge is 0.245 e. The third kappa shape index (κ3) is 7.84. The van der Waals surface area contributed by atoms with Crippen molar-refractivity contribution in [2.75, 3.05) is 40.4 Å². The minimum Gasteiger partial charge on any atom is -0.339 e. The van der Waals surface area contributed by atoms with Gasteiger partial charge in [0.05, 0.1) is 6.04 Å². The van der Waals surface area contributed by atoms with Crippen molar-refractivity contribution >= 4 is 0 Å². The van der Waals surface area contributed by atoms with E-state index in [1.807, 2.05) is 14.2 Å². The number of hydrogen-bond donors (Lipinski definition) is 0. The molecule has 0 heterocycles. The molecule has 0 aromatic heterocycles. The van der Waals surface area contributed by atoms with Crippen molar-refractivity contribution in [3.05, 3.63) is 0 Å². The van der Waals surface area contributed by atoms with Crippen LogP contribution in [-0.2, 0) is 9.47 Å². The van der Waals surface area contributed by atoms with Crippen molar-refractivity contribution < 1.29 is 9.47 Å². The van der Waals surface area contributed by atoms with Gasteiger partial charge in [-0.3, -0.25) is 9.80 Å². The molecule has 0 aliphatic heterocycles. The molecule has 0 N–H and O–H groups in total. The molecule has 0 aromatic rings. The van der Waals surface area contributed by atoms with Gasteiger partial charge in [0, 0.05) is 27.3 Å². The van der Waals surface area contributed by atoms with Crippen LogP contribution in [0.25, 0.3) is 0 Å². The van der Waals surface area contributed by atoms with E-state index in [0.29, 0.717) is 0 Å². The molecule has 0 fully saturated rings. The fraction of sp³-hybridized carbons (Fsp3) is 1.00. The van der Waals surface area contributed by atoms with E-state index in [4.69, 9.17) is 9.47 Å². The van der Waals surface area contributed by atoms with Crippen LogP contribution >= 0.6 is 0 Å². The average molecular weight is 373 g/mol. The molecule has 0 radical (unpaired) electrons. The maximum atomic E-state index is 6.14. The lowest BCUT2D eigenvalue weighted by molar-refractivity contribution is -0.325. The third-order valence-electron chi connectivity index (χ3n) is 5.51. The maximum Gasteiger partial charge on any atom is 0.245 e. The molecule has 0 aliphatic rings. The lowest BCUT2D eigenvalue weighted by Gasteiger charge is -2.49. The lowest BCUT2D eigenvalue weighted by Crippen LogP contribution is -2.64. The van der Waals surface area contributed by atoms with E-state index < -0.39 is 5.91 Å². The van der Waals surface area contributed by atoms with E-state index in [1.165, 1.54) is 38.5 Å². The van der Waals surface area contributed by atoms with Crippen molar-refractivity contribution in [2.24, 2.45) is 0 Å². The summed E-state index contributed by atoms with van der Waals surface area (Å²) < 4.78 is 12.3. The molecular weight excluding hydrogens is 324 g/mol. The monoisotopic (exact) mass is 372 g/mol. The Morgan fingerprint density at radius 3 is 1.73 bits per heavy atom. The molecular formula is C22H48N2O2. The highest BCUT2D eigenvalue weighted by atomic mass is 16.7. The quantitative estimate of drug-likeness (QED) is 0.234. The summed E-state index contributed by atoms with van der Waals surface area (Å²) in [6, 6.07) is 0.264. The first-order valence-corrected chi connectivity index (χ1v) is 11.2. The predicted molar refractivity (Wildman–Crippen MR) is 114 cm³/mol. The zero-order valence-corrected chi connectivity index (χ0v) is 19.0. The summed E-state index contributed by atoms with van der Waals surface area (Å²) in [4.78, 5) is 4.95. The molecule has 0 amide bonds. The van der Waals surface area contributed by atoms with Crippen LogP contribution < -0.4 is 0 Å². The summed E-state index contributed by atoms with van der Waals surface area (Å²) in [6.07, 6.45) is 11.3. The molecule has 0 saturated carbocycles. The van der Waals surface area contributed by atoms with Crippen LogP contribution in [0.3, 0.4) is 0 Å². The molecule has 1 unspecified atom stereocenters. The Balaban J connectivity index is 5.32. The molecule has 0 aromatic carbocycles. The second-order valence-corrected chi connectivity index (χ2v) is 7.32. The fourth-order valence-electron chi connectivity index (χ4n) is 4.16. The highest BCUT2D eigenvalue weighted by Crippen LogP contribution is 2.30. The number of ether oxygens (including phenoxy) is 2. The van der Waals surface area contributed by atoms with Gasteiger partial charge >= 0.3 is 0 Å². The highest BCUT2D eigenvalue weighted by molar-refractivity contribution is 4.88. The number of methoxy groups -OCH3 is 2. The minimum atomic E-state index is -0.653. The number of likely N-dealkylation sites (N-methyl/N-ethyl adjacent to an activating group) is 2. The van der Waals surface area contributed by atoms with Crippen LogP contribution in [0, 0.1) is 0 Å². The van der Waals surface area contributed by atoms with Gasteiger partial charge in [0.2, 0.25) is 5.91 Å². The van der Waals surface area contributed by atoms with Gasteiger partial charge in [0.25, 0.3) is 0 Å². The molecule has 0 rings (SSSR count). The van der Waals surface area contributed by atoms with E-state index in [0.717, 1.165) is 45.4 Å². The van der Waals surface area contributed by atoms with Gasteiger partial charge in [-0.1, -0.05) is 73.1 Å². The summed E-state index contributed by atoms with van der Waals surface area (Å²) in [5, 5.41) is 0. The van der Waals surface area contributed by atoms with Crippen molar-refractivity contribution in [1.82, 2.24) is 9.80 Å². The normalized spacial score (nSPS) is 13.7. The van der Waals surface area contributed by atoms with E-state index in [9.17, 15) is 0 Å². The Kier molecular flexibility index (Phi) is 15.8. The largest absolute Gasteiger partial charge is 0.339 e. The fourth-order valence-corrected chi connectivity index (χ4v) is 4.16. The Labute approximate surface area is 164 Å². The zero-order chi connectivity index (χ0) is 19.8. The first-order valence-electron chi connectivity index (χ1n) is 11.2. The predicted octanol–water partition coefficient (Wildman–Crippen LogP) is 5.52. The molecule has 0 bridgehead atoms. The van der Waals surface area contributed by atoms with Gasteiger partial charge in [-0.2, -0.15) is 0 Å². The number of rotatable bonds is 18. The summed E-state index contributed by atoms with van der Waals surface area (Å²) >= 11 is 0. The van der Waals surface area contributed by atoms with Crippen LogP contribution in [0.15, 0.2) is 0 Å².